The van der Waals surface area contributed by atoms with Crippen LogP contribution in [0.25, 0.3) is 0 Å². The molecular weight excluding hydrogens is 232 g/mol. The molecule has 2 fully saturated rings. The minimum absolute atomic E-state index is 0.0266. The maximum absolute atomic E-state index is 12.3. The lowest BCUT2D eigenvalue weighted by molar-refractivity contribution is -0.135. The lowest BCUT2D eigenvalue weighted by Crippen LogP contribution is -2.46. The Labute approximate surface area is 108 Å². The van der Waals surface area contributed by atoms with Crippen LogP contribution in [0.2, 0.25) is 0 Å². The van der Waals surface area contributed by atoms with Crippen molar-refractivity contribution in [2.24, 2.45) is 5.92 Å². The first-order valence-electron chi connectivity index (χ1n) is 6.93. The van der Waals surface area contributed by atoms with Crippen LogP contribution in [-0.4, -0.2) is 54.6 Å². The van der Waals surface area contributed by atoms with E-state index in [2.05, 4.69) is 0 Å². The van der Waals surface area contributed by atoms with Crippen LogP contribution in [0.4, 0.5) is 4.79 Å². The number of carbonyl (C=O) groups is 2. The quantitative estimate of drug-likeness (QED) is 0.750. The van der Waals surface area contributed by atoms with E-state index in [9.17, 15) is 9.59 Å². The van der Waals surface area contributed by atoms with Crippen molar-refractivity contribution in [1.82, 2.24) is 9.80 Å². The predicted octanol–water partition coefficient (Wildman–Crippen LogP) is 1.48. The maximum atomic E-state index is 12.3. The highest BCUT2D eigenvalue weighted by Gasteiger charge is 2.32. The van der Waals surface area contributed by atoms with Crippen LogP contribution < -0.4 is 0 Å². The fraction of sp³-hybridized carbons (Fsp3) is 0.846. The highest BCUT2D eigenvalue weighted by molar-refractivity contribution is 5.80. The van der Waals surface area contributed by atoms with Crippen molar-refractivity contribution in [3.8, 4) is 0 Å². The van der Waals surface area contributed by atoms with E-state index in [-0.39, 0.29) is 17.9 Å². The van der Waals surface area contributed by atoms with Crippen molar-refractivity contribution in [3.05, 3.63) is 0 Å². The van der Waals surface area contributed by atoms with Crippen LogP contribution in [0.3, 0.4) is 0 Å². The summed E-state index contributed by atoms with van der Waals surface area (Å²) in [4.78, 5) is 27.6. The largest absolute Gasteiger partial charge is 0.450 e. The van der Waals surface area contributed by atoms with Gasteiger partial charge in [-0.2, -0.15) is 0 Å². The molecule has 0 aliphatic carbocycles. The Bertz CT molecular complexity index is 313. The molecule has 0 saturated carbocycles. The van der Waals surface area contributed by atoms with Gasteiger partial charge in [-0.15, -0.1) is 0 Å². The van der Waals surface area contributed by atoms with Crippen molar-refractivity contribution in [3.63, 3.8) is 0 Å². The topological polar surface area (TPSA) is 49.9 Å². The third kappa shape index (κ3) is 2.94. The first kappa shape index (κ1) is 13.2. The van der Waals surface area contributed by atoms with E-state index < -0.39 is 0 Å². The molecule has 5 heteroatoms. The van der Waals surface area contributed by atoms with Crippen molar-refractivity contribution in [2.45, 2.75) is 32.6 Å². The first-order valence-corrected chi connectivity index (χ1v) is 6.93. The van der Waals surface area contributed by atoms with Gasteiger partial charge in [0.25, 0.3) is 0 Å². The number of piperidine rings is 1. The molecule has 5 nitrogen and oxygen atoms in total. The molecule has 2 rings (SSSR count). The van der Waals surface area contributed by atoms with Crippen LogP contribution >= 0.6 is 0 Å². The number of hydrogen-bond donors (Lipinski definition) is 0. The minimum atomic E-state index is -0.281. The third-order valence-electron chi connectivity index (χ3n) is 3.71. The molecule has 0 N–H and O–H groups in total. The number of amides is 2. The standard InChI is InChI=1S/C13H22N2O3/c1-2-18-13(17)15-9-5-6-11(10-15)12(16)14-7-3-4-8-14/h11H,2-10H2,1H3. The molecule has 102 valence electrons. The Morgan fingerprint density at radius 1 is 1.11 bits per heavy atom. The van der Waals surface area contributed by atoms with E-state index in [0.717, 1.165) is 38.8 Å². The maximum Gasteiger partial charge on any atom is 0.409 e. The molecule has 2 heterocycles. The molecular formula is C13H22N2O3. The van der Waals surface area contributed by atoms with Crippen molar-refractivity contribution < 1.29 is 14.3 Å². The molecule has 0 radical (unpaired) electrons. The summed E-state index contributed by atoms with van der Waals surface area (Å²) in [5.74, 6) is 0.197. The van der Waals surface area contributed by atoms with Crippen molar-refractivity contribution in [2.75, 3.05) is 32.8 Å². The Morgan fingerprint density at radius 2 is 1.78 bits per heavy atom. The van der Waals surface area contributed by atoms with Gasteiger partial charge in [-0.3, -0.25) is 4.79 Å². The van der Waals surface area contributed by atoms with Gasteiger partial charge in [0.1, 0.15) is 0 Å². The molecule has 1 unspecified atom stereocenters. The Kier molecular flexibility index (Phi) is 4.44. The summed E-state index contributed by atoms with van der Waals surface area (Å²) >= 11 is 0. The predicted molar refractivity (Wildman–Crippen MR) is 67.1 cm³/mol. The molecule has 0 aromatic heterocycles. The van der Waals surface area contributed by atoms with Crippen LogP contribution in [0.5, 0.6) is 0 Å². The van der Waals surface area contributed by atoms with E-state index in [0.29, 0.717) is 19.7 Å². The first-order chi connectivity index (χ1) is 8.72. The molecule has 1 atom stereocenters. The Balaban J connectivity index is 1.89. The number of ether oxygens (including phenoxy) is 1. The fourth-order valence-corrected chi connectivity index (χ4v) is 2.76. The fourth-order valence-electron chi connectivity index (χ4n) is 2.76. The van der Waals surface area contributed by atoms with Gasteiger partial charge < -0.3 is 14.5 Å². The average Bonchev–Trinajstić information content (AvgIpc) is 2.92. The van der Waals surface area contributed by atoms with Gasteiger partial charge in [-0.1, -0.05) is 0 Å². The molecule has 2 aliphatic rings. The second-order valence-corrected chi connectivity index (χ2v) is 5.02. The molecule has 18 heavy (non-hydrogen) atoms. The van der Waals surface area contributed by atoms with E-state index in [4.69, 9.17) is 4.74 Å². The van der Waals surface area contributed by atoms with Gasteiger partial charge >= 0.3 is 6.09 Å². The van der Waals surface area contributed by atoms with E-state index in [1.54, 1.807) is 11.8 Å². The highest BCUT2D eigenvalue weighted by Crippen LogP contribution is 2.21. The zero-order valence-corrected chi connectivity index (χ0v) is 11.1. The zero-order valence-electron chi connectivity index (χ0n) is 11.1. The number of hydrogen-bond acceptors (Lipinski definition) is 3. The van der Waals surface area contributed by atoms with Gasteiger partial charge in [-0.05, 0) is 32.6 Å². The van der Waals surface area contributed by atoms with Gasteiger partial charge in [0.2, 0.25) is 5.91 Å². The summed E-state index contributed by atoms with van der Waals surface area (Å²) in [6.07, 6.45) is 3.73. The number of carbonyl (C=O) groups excluding carboxylic acids is 2. The number of rotatable bonds is 2. The van der Waals surface area contributed by atoms with Gasteiger partial charge in [0.15, 0.2) is 0 Å². The van der Waals surface area contributed by atoms with Crippen LogP contribution in [0.1, 0.15) is 32.6 Å². The average molecular weight is 254 g/mol. The summed E-state index contributed by atoms with van der Waals surface area (Å²) < 4.78 is 5.00. The molecule has 2 aliphatic heterocycles. The summed E-state index contributed by atoms with van der Waals surface area (Å²) in [6, 6.07) is 0. The molecule has 0 aromatic rings. The Hall–Kier alpha value is -1.26. The van der Waals surface area contributed by atoms with Gasteiger partial charge in [0.05, 0.1) is 12.5 Å². The van der Waals surface area contributed by atoms with E-state index >= 15 is 0 Å². The normalized spacial score (nSPS) is 24.2. The molecule has 2 saturated heterocycles. The monoisotopic (exact) mass is 254 g/mol. The van der Waals surface area contributed by atoms with E-state index in [1.807, 2.05) is 4.90 Å². The SMILES string of the molecule is CCOC(=O)N1CCCC(C(=O)N2CCCC2)C1. The smallest absolute Gasteiger partial charge is 0.409 e. The number of nitrogens with zero attached hydrogens (tertiary/aromatic N) is 2. The van der Waals surface area contributed by atoms with Crippen molar-refractivity contribution >= 4 is 12.0 Å². The number of likely N-dealkylation sites (tertiary alicyclic amines) is 2. The van der Waals surface area contributed by atoms with Crippen molar-refractivity contribution in [1.29, 1.82) is 0 Å². The van der Waals surface area contributed by atoms with Gasteiger partial charge in [0, 0.05) is 26.2 Å². The molecule has 0 aromatic carbocycles. The van der Waals surface area contributed by atoms with Crippen LogP contribution in [0.15, 0.2) is 0 Å². The minimum Gasteiger partial charge on any atom is -0.450 e. The summed E-state index contributed by atoms with van der Waals surface area (Å²) in [7, 11) is 0. The zero-order chi connectivity index (χ0) is 13.0. The van der Waals surface area contributed by atoms with Crippen LogP contribution in [0, 0.1) is 5.92 Å². The summed E-state index contributed by atoms with van der Waals surface area (Å²) in [5.41, 5.74) is 0. The second kappa shape index (κ2) is 6.07. The molecule has 0 spiro atoms. The van der Waals surface area contributed by atoms with Crippen LogP contribution in [-0.2, 0) is 9.53 Å². The lowest BCUT2D eigenvalue weighted by Gasteiger charge is -2.33. The van der Waals surface area contributed by atoms with Gasteiger partial charge in [-0.25, -0.2) is 4.79 Å². The summed E-state index contributed by atoms with van der Waals surface area (Å²) in [5, 5.41) is 0. The lowest BCUT2D eigenvalue weighted by atomic mass is 9.97. The summed E-state index contributed by atoms with van der Waals surface area (Å²) in [6.45, 7) is 5.19. The third-order valence-corrected chi connectivity index (χ3v) is 3.71. The van der Waals surface area contributed by atoms with E-state index in [1.165, 1.54) is 0 Å². The highest BCUT2D eigenvalue weighted by atomic mass is 16.6. The molecule has 0 bridgehead atoms. The molecule has 2 amide bonds. The second-order valence-electron chi connectivity index (χ2n) is 5.02. The Morgan fingerprint density at radius 3 is 2.44 bits per heavy atom.